The quantitative estimate of drug-likeness (QED) is 0.739. The van der Waals surface area contributed by atoms with Crippen LogP contribution in [-0.4, -0.2) is 10.9 Å². The lowest BCUT2D eigenvalue weighted by atomic mass is 9.86. The number of Topliss-reactive ketones (excluding diaryl/α,β-unsaturated/α-hetero) is 1. The monoisotopic (exact) mass is 322 g/mol. The first-order valence-electron chi connectivity index (χ1n) is 7.78. The van der Waals surface area contributed by atoms with Crippen LogP contribution < -0.4 is 5.63 Å². The van der Waals surface area contributed by atoms with E-state index in [0.29, 0.717) is 11.0 Å². The van der Waals surface area contributed by atoms with Crippen molar-refractivity contribution in [3.63, 3.8) is 0 Å². The van der Waals surface area contributed by atoms with E-state index in [9.17, 15) is 14.7 Å². The van der Waals surface area contributed by atoms with E-state index >= 15 is 0 Å². The van der Waals surface area contributed by atoms with Crippen molar-refractivity contribution in [3.8, 4) is 5.75 Å². The Labute approximate surface area is 139 Å². The van der Waals surface area contributed by atoms with Crippen molar-refractivity contribution < 1.29 is 14.3 Å². The van der Waals surface area contributed by atoms with E-state index in [1.165, 1.54) is 6.92 Å². The van der Waals surface area contributed by atoms with Gasteiger partial charge in [-0.25, -0.2) is 4.79 Å². The smallest absolute Gasteiger partial charge is 0.343 e. The molecule has 24 heavy (non-hydrogen) atoms. The maximum absolute atomic E-state index is 12.5. The molecule has 4 nitrogen and oxygen atoms in total. The number of hydrogen-bond donors (Lipinski definition) is 1. The Morgan fingerprint density at radius 2 is 1.92 bits per heavy atom. The van der Waals surface area contributed by atoms with Crippen molar-refractivity contribution in [1.82, 2.24) is 0 Å². The van der Waals surface area contributed by atoms with Gasteiger partial charge in [0.1, 0.15) is 17.1 Å². The van der Waals surface area contributed by atoms with Crippen molar-refractivity contribution in [1.29, 1.82) is 0 Å². The van der Waals surface area contributed by atoms with Gasteiger partial charge in [0.05, 0.1) is 10.9 Å². The highest BCUT2D eigenvalue weighted by Crippen LogP contribution is 2.36. The minimum absolute atomic E-state index is 0.0616. The molecule has 0 radical (unpaired) electrons. The average molecular weight is 322 g/mol. The molecule has 0 saturated heterocycles. The van der Waals surface area contributed by atoms with Crippen molar-refractivity contribution in [2.45, 2.75) is 26.2 Å². The van der Waals surface area contributed by atoms with Gasteiger partial charge in [0.15, 0.2) is 0 Å². The number of fused-ring (bicyclic) bond motifs is 1. The molecule has 1 atom stereocenters. The first kappa shape index (κ1) is 16.0. The van der Waals surface area contributed by atoms with Crippen LogP contribution in [0.15, 0.2) is 57.7 Å². The van der Waals surface area contributed by atoms with Gasteiger partial charge in [-0.05, 0) is 31.5 Å². The van der Waals surface area contributed by atoms with Gasteiger partial charge in [-0.1, -0.05) is 42.0 Å². The number of benzene rings is 2. The summed E-state index contributed by atoms with van der Waals surface area (Å²) in [6, 6.07) is 14.4. The Bertz CT molecular complexity index is 969. The largest absolute Gasteiger partial charge is 0.507 e. The molecule has 4 heteroatoms. The SMILES string of the molecule is CC(=O)C[C@@H](c1cccc(C)c1)c1c(O)c2ccccc2oc1=O. The zero-order valence-corrected chi connectivity index (χ0v) is 13.6. The number of carbonyl (C=O) groups is 1. The third-order valence-corrected chi connectivity index (χ3v) is 4.10. The zero-order valence-electron chi connectivity index (χ0n) is 13.6. The summed E-state index contributed by atoms with van der Waals surface area (Å²) in [6.45, 7) is 3.42. The number of para-hydroxylation sites is 1. The van der Waals surface area contributed by atoms with Crippen molar-refractivity contribution in [2.24, 2.45) is 0 Å². The Kier molecular flexibility index (Phi) is 4.21. The van der Waals surface area contributed by atoms with E-state index < -0.39 is 11.5 Å². The zero-order chi connectivity index (χ0) is 17.3. The molecule has 0 fully saturated rings. The lowest BCUT2D eigenvalue weighted by Gasteiger charge is -2.18. The maximum atomic E-state index is 12.5. The molecular weight excluding hydrogens is 304 g/mol. The molecular formula is C20H18O4. The number of rotatable bonds is 4. The summed E-state index contributed by atoms with van der Waals surface area (Å²) in [7, 11) is 0. The third-order valence-electron chi connectivity index (χ3n) is 4.10. The first-order chi connectivity index (χ1) is 11.5. The van der Waals surface area contributed by atoms with Gasteiger partial charge < -0.3 is 9.52 Å². The molecule has 0 spiro atoms. The standard InChI is InChI=1S/C20H18O4/c1-12-6-5-7-14(10-12)16(11-13(2)21)18-19(22)15-8-3-4-9-17(15)24-20(18)23/h3-10,16,22H,11H2,1-2H3/t16-/m0/s1. The molecule has 1 N–H and O–H groups in total. The maximum Gasteiger partial charge on any atom is 0.343 e. The lowest BCUT2D eigenvalue weighted by Crippen LogP contribution is -2.16. The highest BCUT2D eigenvalue weighted by molar-refractivity contribution is 5.85. The van der Waals surface area contributed by atoms with Crippen LogP contribution in [-0.2, 0) is 4.79 Å². The molecule has 3 rings (SSSR count). The number of carbonyl (C=O) groups excluding carboxylic acids is 1. The predicted octanol–water partition coefficient (Wildman–Crippen LogP) is 3.92. The fraction of sp³-hybridized carbons (Fsp3) is 0.200. The van der Waals surface area contributed by atoms with E-state index in [0.717, 1.165) is 11.1 Å². The van der Waals surface area contributed by atoms with Crippen LogP contribution in [0.4, 0.5) is 0 Å². The summed E-state index contributed by atoms with van der Waals surface area (Å²) in [5.41, 5.74) is 1.68. The summed E-state index contributed by atoms with van der Waals surface area (Å²) in [6.07, 6.45) is 0.125. The molecule has 0 unspecified atom stereocenters. The van der Waals surface area contributed by atoms with E-state index in [-0.39, 0.29) is 23.5 Å². The minimum Gasteiger partial charge on any atom is -0.507 e. The molecule has 0 aliphatic rings. The lowest BCUT2D eigenvalue weighted by molar-refractivity contribution is -0.117. The van der Waals surface area contributed by atoms with Gasteiger partial charge in [-0.3, -0.25) is 4.79 Å². The van der Waals surface area contributed by atoms with Gasteiger partial charge in [0.2, 0.25) is 0 Å². The van der Waals surface area contributed by atoms with Crippen LogP contribution in [0.1, 0.15) is 36.0 Å². The van der Waals surface area contributed by atoms with E-state index in [1.807, 2.05) is 31.2 Å². The van der Waals surface area contributed by atoms with Gasteiger partial charge in [-0.15, -0.1) is 0 Å². The highest BCUT2D eigenvalue weighted by atomic mass is 16.4. The fourth-order valence-corrected chi connectivity index (χ4v) is 3.02. The third kappa shape index (κ3) is 2.95. The average Bonchev–Trinajstić information content (AvgIpc) is 2.53. The summed E-state index contributed by atoms with van der Waals surface area (Å²) >= 11 is 0. The van der Waals surface area contributed by atoms with Crippen LogP contribution >= 0.6 is 0 Å². The minimum atomic E-state index is -0.612. The fourth-order valence-electron chi connectivity index (χ4n) is 3.02. The van der Waals surface area contributed by atoms with Crippen molar-refractivity contribution in [2.75, 3.05) is 0 Å². The number of aryl methyl sites for hydroxylation is 1. The van der Waals surface area contributed by atoms with Crippen molar-refractivity contribution in [3.05, 3.63) is 75.6 Å². The Balaban J connectivity index is 2.27. The van der Waals surface area contributed by atoms with E-state index in [4.69, 9.17) is 4.42 Å². The van der Waals surface area contributed by atoms with Crippen LogP contribution in [0.5, 0.6) is 5.75 Å². The van der Waals surface area contributed by atoms with Crippen LogP contribution in [0.25, 0.3) is 11.0 Å². The molecule has 0 aliphatic heterocycles. The second-order valence-electron chi connectivity index (χ2n) is 6.02. The van der Waals surface area contributed by atoms with Gasteiger partial charge in [0.25, 0.3) is 0 Å². The second-order valence-corrected chi connectivity index (χ2v) is 6.02. The summed E-state index contributed by atoms with van der Waals surface area (Å²) in [5.74, 6) is -0.716. The van der Waals surface area contributed by atoms with Crippen LogP contribution in [0.2, 0.25) is 0 Å². The normalized spacial score (nSPS) is 12.2. The molecule has 1 heterocycles. The number of aromatic hydroxyl groups is 1. The van der Waals surface area contributed by atoms with Gasteiger partial charge in [-0.2, -0.15) is 0 Å². The molecule has 0 bridgehead atoms. The molecule has 0 aliphatic carbocycles. The predicted molar refractivity (Wildman–Crippen MR) is 92.5 cm³/mol. The van der Waals surface area contributed by atoms with E-state index in [1.54, 1.807) is 24.3 Å². The van der Waals surface area contributed by atoms with Gasteiger partial charge >= 0.3 is 5.63 Å². The van der Waals surface area contributed by atoms with Gasteiger partial charge in [0, 0.05) is 12.3 Å². The Morgan fingerprint density at radius 1 is 1.17 bits per heavy atom. The highest BCUT2D eigenvalue weighted by Gasteiger charge is 2.25. The summed E-state index contributed by atoms with van der Waals surface area (Å²) < 4.78 is 5.36. The van der Waals surface area contributed by atoms with Crippen LogP contribution in [0, 0.1) is 6.92 Å². The Morgan fingerprint density at radius 3 is 2.62 bits per heavy atom. The molecule has 0 amide bonds. The molecule has 2 aromatic carbocycles. The molecule has 1 aromatic heterocycles. The second kappa shape index (κ2) is 6.32. The van der Waals surface area contributed by atoms with Crippen LogP contribution in [0.3, 0.4) is 0 Å². The topological polar surface area (TPSA) is 67.5 Å². The number of hydrogen-bond acceptors (Lipinski definition) is 4. The summed E-state index contributed by atoms with van der Waals surface area (Å²) in [5, 5.41) is 11.1. The molecule has 0 saturated carbocycles. The summed E-state index contributed by atoms with van der Waals surface area (Å²) in [4.78, 5) is 24.3. The van der Waals surface area contributed by atoms with Crippen molar-refractivity contribution >= 4 is 16.8 Å². The Hall–Kier alpha value is -2.88. The van der Waals surface area contributed by atoms with E-state index in [2.05, 4.69) is 0 Å². The molecule has 122 valence electrons. The number of ketones is 1. The molecule has 3 aromatic rings. The first-order valence-corrected chi connectivity index (χ1v) is 7.78.